The smallest absolute Gasteiger partial charge is 0.330 e. The molecular formula is C16H26N2O6. The Balaban J connectivity index is 4.98. The molecule has 0 rings (SSSR count). The fourth-order valence-electron chi connectivity index (χ4n) is 1.95. The van der Waals surface area contributed by atoms with Gasteiger partial charge in [-0.1, -0.05) is 19.9 Å². The van der Waals surface area contributed by atoms with Crippen LogP contribution in [0.15, 0.2) is 12.2 Å². The van der Waals surface area contributed by atoms with E-state index in [1.807, 2.05) is 13.8 Å². The Kier molecular flexibility index (Phi) is 10.1. The van der Waals surface area contributed by atoms with Crippen molar-refractivity contribution in [1.82, 2.24) is 10.6 Å². The Morgan fingerprint density at radius 2 is 1.62 bits per heavy atom. The highest BCUT2D eigenvalue weighted by Crippen LogP contribution is 2.07. The van der Waals surface area contributed by atoms with Crippen molar-refractivity contribution in [3.63, 3.8) is 0 Å². The molecular weight excluding hydrogens is 316 g/mol. The molecule has 0 aromatic rings. The van der Waals surface area contributed by atoms with Crippen LogP contribution in [0.5, 0.6) is 0 Å². The van der Waals surface area contributed by atoms with E-state index in [9.17, 15) is 19.2 Å². The van der Waals surface area contributed by atoms with E-state index in [2.05, 4.69) is 20.1 Å². The fraction of sp³-hybridized carbons (Fsp3) is 0.625. The molecule has 0 fully saturated rings. The number of methoxy groups -OCH3 is 2. The number of rotatable bonds is 9. The molecule has 0 aliphatic carbocycles. The number of hydrogen-bond acceptors (Lipinski definition) is 6. The quantitative estimate of drug-likeness (QED) is 0.461. The molecule has 0 spiro atoms. The van der Waals surface area contributed by atoms with Crippen LogP contribution in [0.1, 0.15) is 33.6 Å². The summed E-state index contributed by atoms with van der Waals surface area (Å²) < 4.78 is 9.10. The highest BCUT2D eigenvalue weighted by Gasteiger charge is 2.26. The van der Waals surface area contributed by atoms with Crippen LogP contribution >= 0.6 is 0 Å². The van der Waals surface area contributed by atoms with E-state index in [4.69, 9.17) is 0 Å². The first-order valence-corrected chi connectivity index (χ1v) is 7.61. The maximum atomic E-state index is 12.3. The molecule has 0 bridgehead atoms. The van der Waals surface area contributed by atoms with Crippen molar-refractivity contribution in [2.24, 2.45) is 5.92 Å². The van der Waals surface area contributed by atoms with Crippen molar-refractivity contribution in [2.45, 2.75) is 45.7 Å². The average Bonchev–Trinajstić information content (AvgIpc) is 2.51. The monoisotopic (exact) mass is 342 g/mol. The van der Waals surface area contributed by atoms with Gasteiger partial charge in [0.1, 0.15) is 12.1 Å². The minimum Gasteiger partial charge on any atom is -0.467 e. The van der Waals surface area contributed by atoms with Crippen LogP contribution in [0.3, 0.4) is 0 Å². The van der Waals surface area contributed by atoms with E-state index in [0.717, 1.165) is 6.08 Å². The largest absolute Gasteiger partial charge is 0.467 e. The molecule has 0 aromatic carbocycles. The summed E-state index contributed by atoms with van der Waals surface area (Å²) in [6, 6.07) is -1.72. The second-order valence-corrected chi connectivity index (χ2v) is 5.63. The summed E-state index contributed by atoms with van der Waals surface area (Å²) in [5.41, 5.74) is 0. The van der Waals surface area contributed by atoms with E-state index in [1.54, 1.807) is 0 Å². The van der Waals surface area contributed by atoms with Gasteiger partial charge in [0, 0.05) is 13.0 Å². The predicted molar refractivity (Wildman–Crippen MR) is 86.8 cm³/mol. The van der Waals surface area contributed by atoms with Gasteiger partial charge >= 0.3 is 11.9 Å². The topological polar surface area (TPSA) is 111 Å². The van der Waals surface area contributed by atoms with E-state index in [0.29, 0.717) is 6.42 Å². The Hall–Kier alpha value is -2.38. The van der Waals surface area contributed by atoms with Gasteiger partial charge in [-0.15, -0.1) is 0 Å². The van der Waals surface area contributed by atoms with Crippen molar-refractivity contribution in [2.75, 3.05) is 14.2 Å². The van der Waals surface area contributed by atoms with E-state index < -0.39 is 29.9 Å². The zero-order valence-corrected chi connectivity index (χ0v) is 14.8. The third kappa shape index (κ3) is 8.92. The third-order valence-electron chi connectivity index (χ3n) is 3.03. The molecule has 8 heteroatoms. The van der Waals surface area contributed by atoms with Crippen LogP contribution in [-0.2, 0) is 28.7 Å². The van der Waals surface area contributed by atoms with Gasteiger partial charge in [0.15, 0.2) is 0 Å². The minimum absolute atomic E-state index is 0.0575. The maximum absolute atomic E-state index is 12.3. The Labute approximate surface area is 141 Å². The molecule has 24 heavy (non-hydrogen) atoms. The lowest BCUT2D eigenvalue weighted by molar-refractivity contribution is -0.145. The highest BCUT2D eigenvalue weighted by atomic mass is 16.5. The van der Waals surface area contributed by atoms with Crippen LogP contribution in [0.4, 0.5) is 0 Å². The third-order valence-corrected chi connectivity index (χ3v) is 3.03. The molecule has 2 amide bonds. The molecule has 0 radical (unpaired) electrons. The predicted octanol–water partition coefficient (Wildman–Crippen LogP) is 0.314. The SMILES string of the molecule is COC(=O)/C=C/C[C@@H](NC(=O)[C@H](CC(C)C)NC(C)=O)C(=O)OC. The lowest BCUT2D eigenvalue weighted by Crippen LogP contribution is -2.51. The van der Waals surface area contributed by atoms with Gasteiger partial charge in [-0.3, -0.25) is 9.59 Å². The fourth-order valence-corrected chi connectivity index (χ4v) is 1.95. The van der Waals surface area contributed by atoms with Crippen molar-refractivity contribution in [1.29, 1.82) is 0 Å². The van der Waals surface area contributed by atoms with Crippen molar-refractivity contribution in [3.8, 4) is 0 Å². The summed E-state index contributed by atoms with van der Waals surface area (Å²) in [7, 11) is 2.43. The summed E-state index contributed by atoms with van der Waals surface area (Å²) in [5.74, 6) is -1.87. The molecule has 0 unspecified atom stereocenters. The molecule has 2 N–H and O–H groups in total. The number of nitrogens with one attached hydrogen (secondary N) is 2. The normalized spacial score (nSPS) is 13.2. The molecule has 0 aromatic heterocycles. The van der Waals surface area contributed by atoms with Crippen molar-refractivity contribution < 1.29 is 28.7 Å². The second kappa shape index (κ2) is 11.2. The van der Waals surface area contributed by atoms with Gasteiger partial charge < -0.3 is 20.1 Å². The van der Waals surface area contributed by atoms with Gasteiger partial charge in [-0.2, -0.15) is 0 Å². The molecule has 0 heterocycles. The minimum atomic E-state index is -0.966. The lowest BCUT2D eigenvalue weighted by Gasteiger charge is -2.22. The molecule has 0 aliphatic rings. The number of hydrogen-bond donors (Lipinski definition) is 2. The molecule has 2 atom stereocenters. The number of amides is 2. The average molecular weight is 342 g/mol. The van der Waals surface area contributed by atoms with Gasteiger partial charge in [0.05, 0.1) is 14.2 Å². The van der Waals surface area contributed by atoms with Crippen LogP contribution in [0.25, 0.3) is 0 Å². The van der Waals surface area contributed by atoms with Crippen LogP contribution < -0.4 is 10.6 Å². The molecule has 0 saturated heterocycles. The first kappa shape index (κ1) is 21.6. The van der Waals surface area contributed by atoms with Crippen LogP contribution in [0.2, 0.25) is 0 Å². The molecule has 8 nitrogen and oxygen atoms in total. The first-order valence-electron chi connectivity index (χ1n) is 7.61. The summed E-state index contributed by atoms with van der Waals surface area (Å²) in [6.45, 7) is 5.15. The summed E-state index contributed by atoms with van der Waals surface area (Å²) in [6.07, 6.45) is 3.05. The summed E-state index contributed by atoms with van der Waals surface area (Å²) >= 11 is 0. The Bertz CT molecular complexity index is 487. The number of carbonyl (C=O) groups is 4. The van der Waals surface area contributed by atoms with Gasteiger partial charge in [-0.05, 0) is 18.8 Å². The van der Waals surface area contributed by atoms with Crippen LogP contribution in [0, 0.1) is 5.92 Å². The number of ether oxygens (including phenoxy) is 2. The number of carbonyl (C=O) groups excluding carboxylic acids is 4. The summed E-state index contributed by atoms with van der Waals surface area (Å²) in [5, 5.41) is 5.10. The molecule has 136 valence electrons. The Morgan fingerprint density at radius 3 is 2.08 bits per heavy atom. The zero-order chi connectivity index (χ0) is 18.7. The molecule has 0 aliphatic heterocycles. The van der Waals surface area contributed by atoms with Crippen molar-refractivity contribution >= 4 is 23.8 Å². The lowest BCUT2D eigenvalue weighted by atomic mass is 10.0. The Morgan fingerprint density at radius 1 is 1.00 bits per heavy atom. The number of esters is 2. The van der Waals surface area contributed by atoms with Gasteiger partial charge in [-0.25, -0.2) is 9.59 Å². The van der Waals surface area contributed by atoms with E-state index in [-0.39, 0.29) is 18.2 Å². The van der Waals surface area contributed by atoms with Gasteiger partial charge in [0.2, 0.25) is 11.8 Å². The van der Waals surface area contributed by atoms with Crippen LogP contribution in [-0.4, -0.2) is 50.1 Å². The standard InChI is InChI=1S/C16H26N2O6/c1-10(2)9-13(17-11(3)19)15(21)18-12(16(22)24-5)7-6-8-14(20)23-4/h6,8,10,12-13H,7,9H2,1-5H3,(H,17,19)(H,18,21)/b8-6+/t12-,13+/m1/s1. The van der Waals surface area contributed by atoms with E-state index >= 15 is 0 Å². The van der Waals surface area contributed by atoms with E-state index in [1.165, 1.54) is 27.2 Å². The molecule has 0 saturated carbocycles. The summed E-state index contributed by atoms with van der Waals surface area (Å²) in [4.78, 5) is 46.4. The second-order valence-electron chi connectivity index (χ2n) is 5.63. The van der Waals surface area contributed by atoms with Crippen molar-refractivity contribution in [3.05, 3.63) is 12.2 Å². The zero-order valence-electron chi connectivity index (χ0n) is 14.8. The van der Waals surface area contributed by atoms with Gasteiger partial charge in [0.25, 0.3) is 0 Å². The first-order chi connectivity index (χ1) is 11.2. The maximum Gasteiger partial charge on any atom is 0.330 e. The highest BCUT2D eigenvalue weighted by molar-refractivity contribution is 5.90.